The van der Waals surface area contributed by atoms with Crippen LogP contribution in [-0.4, -0.2) is 40.9 Å². The van der Waals surface area contributed by atoms with Crippen LogP contribution >= 0.6 is 0 Å². The fourth-order valence-corrected chi connectivity index (χ4v) is 3.91. The molecule has 0 aliphatic rings. The van der Waals surface area contributed by atoms with E-state index in [1.54, 1.807) is 12.1 Å². The third-order valence-corrected chi connectivity index (χ3v) is 5.44. The van der Waals surface area contributed by atoms with E-state index < -0.39 is 0 Å². The quantitative estimate of drug-likeness (QED) is 0.599. The molecule has 2 aromatic carbocycles. The molecule has 0 fully saturated rings. The molecule has 3 rings (SSSR count). The number of carbonyl (C=O) groups is 1. The number of hydrogen-bond donors (Lipinski definition) is 2. The third kappa shape index (κ3) is 4.94. The second-order valence-electron chi connectivity index (χ2n) is 8.23. The van der Waals surface area contributed by atoms with Crippen molar-refractivity contribution in [2.75, 3.05) is 13.1 Å². The number of quaternary nitrogens is 1. The van der Waals surface area contributed by atoms with Crippen molar-refractivity contribution in [1.82, 2.24) is 15.1 Å². The number of nitrogens with zero attached hydrogens (tertiary/aromatic N) is 2. The summed E-state index contributed by atoms with van der Waals surface area (Å²) in [5.74, 6) is -0.250. The summed E-state index contributed by atoms with van der Waals surface area (Å²) in [4.78, 5) is 27.4. The predicted molar refractivity (Wildman–Crippen MR) is 120 cm³/mol. The summed E-state index contributed by atoms with van der Waals surface area (Å²) in [7, 11) is 0. The smallest absolute Gasteiger partial charge is 0.274 e. The zero-order chi connectivity index (χ0) is 21.7. The van der Waals surface area contributed by atoms with Crippen molar-refractivity contribution in [3.8, 4) is 0 Å². The Morgan fingerprint density at radius 3 is 2.20 bits per heavy atom. The van der Waals surface area contributed by atoms with Gasteiger partial charge in [-0.15, -0.1) is 0 Å². The fourth-order valence-electron chi connectivity index (χ4n) is 3.91. The molecule has 0 bridgehead atoms. The van der Waals surface area contributed by atoms with Gasteiger partial charge in [0, 0.05) is 5.39 Å². The molecule has 2 N–H and O–H groups in total. The Bertz CT molecular complexity index is 1050. The summed E-state index contributed by atoms with van der Waals surface area (Å²) in [5, 5.41) is 8.54. The highest BCUT2D eigenvalue weighted by atomic mass is 16.2. The van der Waals surface area contributed by atoms with Crippen molar-refractivity contribution in [3.05, 3.63) is 76.2 Å². The Kier molecular flexibility index (Phi) is 7.00. The number of rotatable bonds is 8. The van der Waals surface area contributed by atoms with E-state index in [0.717, 1.165) is 12.1 Å². The maximum atomic E-state index is 13.0. The molecule has 1 heterocycles. The first kappa shape index (κ1) is 21.7. The van der Waals surface area contributed by atoms with Crippen molar-refractivity contribution in [2.24, 2.45) is 0 Å². The van der Waals surface area contributed by atoms with Gasteiger partial charge in [-0.05, 0) is 39.3 Å². The minimum absolute atomic E-state index is 0.193. The molecule has 6 heteroatoms. The molecule has 0 spiro atoms. The second-order valence-corrected chi connectivity index (χ2v) is 8.23. The summed E-state index contributed by atoms with van der Waals surface area (Å²) in [6.45, 7) is 10.5. The lowest BCUT2D eigenvalue weighted by molar-refractivity contribution is -0.941. The maximum absolute atomic E-state index is 13.0. The van der Waals surface area contributed by atoms with Gasteiger partial charge in [0.2, 0.25) is 0 Å². The van der Waals surface area contributed by atoms with Gasteiger partial charge in [-0.25, -0.2) is 4.68 Å². The highest BCUT2D eigenvalue weighted by molar-refractivity contribution is 6.04. The number of nitrogens with one attached hydrogen (secondary N) is 2. The Morgan fingerprint density at radius 1 is 0.967 bits per heavy atom. The average Bonchev–Trinajstić information content (AvgIpc) is 2.73. The molecular weight excluding hydrogens is 376 g/mol. The molecule has 0 aliphatic carbocycles. The highest BCUT2D eigenvalue weighted by Crippen LogP contribution is 2.13. The predicted octanol–water partition coefficient (Wildman–Crippen LogP) is 1.88. The normalized spacial score (nSPS) is 11.6. The zero-order valence-electron chi connectivity index (χ0n) is 18.2. The highest BCUT2D eigenvalue weighted by Gasteiger charge is 2.19. The van der Waals surface area contributed by atoms with Gasteiger partial charge >= 0.3 is 0 Å². The number of hydrogen-bond acceptors (Lipinski definition) is 3. The number of aromatic nitrogens is 2. The second kappa shape index (κ2) is 9.67. The van der Waals surface area contributed by atoms with Crippen molar-refractivity contribution in [1.29, 1.82) is 0 Å². The SMILES string of the molecule is CC(C)[NH+](CCNC(=O)c1nn(Cc2ccccc2)c(=O)c2ccccc12)C(C)C. The summed E-state index contributed by atoms with van der Waals surface area (Å²) < 4.78 is 1.38. The third-order valence-electron chi connectivity index (χ3n) is 5.44. The van der Waals surface area contributed by atoms with Gasteiger partial charge in [0.25, 0.3) is 11.5 Å². The lowest BCUT2D eigenvalue weighted by Gasteiger charge is -2.27. The van der Waals surface area contributed by atoms with Crippen LogP contribution in [0.5, 0.6) is 0 Å². The van der Waals surface area contributed by atoms with Crippen LogP contribution in [0.15, 0.2) is 59.4 Å². The van der Waals surface area contributed by atoms with Gasteiger partial charge in [-0.1, -0.05) is 48.5 Å². The molecule has 0 saturated carbocycles. The molecule has 30 heavy (non-hydrogen) atoms. The Morgan fingerprint density at radius 2 is 1.57 bits per heavy atom. The van der Waals surface area contributed by atoms with E-state index in [4.69, 9.17) is 0 Å². The molecule has 1 aromatic heterocycles. The van der Waals surface area contributed by atoms with Gasteiger partial charge in [-0.2, -0.15) is 5.10 Å². The van der Waals surface area contributed by atoms with Crippen LogP contribution < -0.4 is 15.8 Å². The fraction of sp³-hybridized carbons (Fsp3) is 0.375. The van der Waals surface area contributed by atoms with Gasteiger partial charge in [0.05, 0.1) is 37.1 Å². The molecule has 1 amide bonds. The zero-order valence-corrected chi connectivity index (χ0v) is 18.2. The van der Waals surface area contributed by atoms with E-state index in [0.29, 0.717) is 35.9 Å². The first-order valence-electron chi connectivity index (χ1n) is 10.6. The molecule has 0 atom stereocenters. The first-order chi connectivity index (χ1) is 14.4. The van der Waals surface area contributed by atoms with Crippen LogP contribution in [0.3, 0.4) is 0 Å². The van der Waals surface area contributed by atoms with E-state index in [9.17, 15) is 9.59 Å². The molecule has 3 aromatic rings. The van der Waals surface area contributed by atoms with E-state index in [1.165, 1.54) is 9.58 Å². The van der Waals surface area contributed by atoms with Crippen molar-refractivity contribution in [2.45, 2.75) is 46.3 Å². The standard InChI is InChI=1S/C24H30N4O2/c1-17(2)27(18(3)4)15-14-25-23(29)22-20-12-8-9-13-21(20)24(30)28(26-22)16-19-10-6-5-7-11-19/h5-13,17-18H,14-16H2,1-4H3,(H,25,29)/p+1. The molecule has 0 radical (unpaired) electrons. The van der Waals surface area contributed by atoms with Gasteiger partial charge in [0.15, 0.2) is 5.69 Å². The molecule has 158 valence electrons. The Hall–Kier alpha value is -2.99. The number of carbonyl (C=O) groups excluding carboxylic acids is 1. The monoisotopic (exact) mass is 407 g/mol. The largest absolute Gasteiger partial charge is 0.345 e. The van der Waals surface area contributed by atoms with E-state index >= 15 is 0 Å². The summed E-state index contributed by atoms with van der Waals surface area (Å²) in [6.07, 6.45) is 0. The van der Waals surface area contributed by atoms with Gasteiger partial charge < -0.3 is 10.2 Å². The lowest BCUT2D eigenvalue weighted by atomic mass is 10.1. The average molecular weight is 408 g/mol. The topological polar surface area (TPSA) is 68.4 Å². The van der Waals surface area contributed by atoms with Crippen molar-refractivity contribution in [3.63, 3.8) is 0 Å². The number of fused-ring (bicyclic) bond motifs is 1. The summed E-state index contributed by atoms with van der Waals surface area (Å²) >= 11 is 0. The van der Waals surface area contributed by atoms with Gasteiger partial charge in [0.1, 0.15) is 0 Å². The summed E-state index contributed by atoms with van der Waals surface area (Å²) in [6, 6.07) is 17.8. The maximum Gasteiger partial charge on any atom is 0.274 e. The van der Waals surface area contributed by atoms with E-state index in [1.807, 2.05) is 42.5 Å². The molecule has 6 nitrogen and oxygen atoms in total. The van der Waals surface area contributed by atoms with Crippen LogP contribution in [0.4, 0.5) is 0 Å². The van der Waals surface area contributed by atoms with Crippen LogP contribution in [0.1, 0.15) is 43.7 Å². The van der Waals surface area contributed by atoms with Crippen LogP contribution in [-0.2, 0) is 6.54 Å². The van der Waals surface area contributed by atoms with E-state index in [2.05, 4.69) is 38.1 Å². The Labute approximate surface area is 177 Å². The van der Waals surface area contributed by atoms with Crippen LogP contribution in [0, 0.1) is 0 Å². The molecule has 0 aliphatic heterocycles. The minimum atomic E-state index is -0.250. The van der Waals surface area contributed by atoms with Crippen LogP contribution in [0.2, 0.25) is 0 Å². The van der Waals surface area contributed by atoms with Gasteiger partial charge in [-0.3, -0.25) is 9.59 Å². The van der Waals surface area contributed by atoms with Crippen molar-refractivity contribution >= 4 is 16.7 Å². The molecule has 0 saturated heterocycles. The van der Waals surface area contributed by atoms with Crippen molar-refractivity contribution < 1.29 is 9.69 Å². The lowest BCUT2D eigenvalue weighted by Crippen LogP contribution is -3.18. The first-order valence-corrected chi connectivity index (χ1v) is 10.6. The molecule has 0 unspecified atom stereocenters. The number of benzene rings is 2. The Balaban J connectivity index is 1.88. The molecular formula is C24H31N4O2+. The minimum Gasteiger partial charge on any atom is -0.345 e. The van der Waals surface area contributed by atoms with E-state index in [-0.39, 0.29) is 17.2 Å². The van der Waals surface area contributed by atoms with Crippen LogP contribution in [0.25, 0.3) is 10.8 Å². The summed E-state index contributed by atoms with van der Waals surface area (Å²) in [5.41, 5.74) is 1.06. The number of amides is 1.